The number of carbonyl (C=O) groups is 2. The molecule has 2 N–H and O–H groups in total. The minimum Gasteiger partial charge on any atom is -0.480 e. The highest BCUT2D eigenvalue weighted by Gasteiger charge is 2.47. The van der Waals surface area contributed by atoms with Gasteiger partial charge in [0, 0.05) is 30.0 Å². The molecular weight excluding hydrogens is 459 g/mol. The van der Waals surface area contributed by atoms with Crippen LogP contribution >= 0.6 is 0 Å². The number of Topliss-reactive ketones (excluding diaryl/α,β-unsaturated/α-hetero) is 1. The van der Waals surface area contributed by atoms with E-state index in [9.17, 15) is 27.9 Å². The van der Waals surface area contributed by atoms with Crippen molar-refractivity contribution in [1.82, 2.24) is 5.32 Å². The highest BCUT2D eigenvalue weighted by molar-refractivity contribution is 5.96. The van der Waals surface area contributed by atoms with Crippen LogP contribution < -0.4 is 10.1 Å². The average molecular weight is 488 g/mol. The van der Waals surface area contributed by atoms with Crippen molar-refractivity contribution < 1.29 is 32.6 Å². The standard InChI is InChI=1S/C27H28F3NO4/c1-14-2-7-24-20(8-14)23(33)13-25(35-24)26(34)31-21-11-16-9-18(21)10-17(16)12-22(32)15-3-5-19(6-4-15)27(28,29)30/h2-8,16-18,21,23,25,33H,9-13H2,1H3,(H,31,34)/t16-,17-,18-,21+,23+,25+/m0/s1. The second-order valence-electron chi connectivity index (χ2n) is 10.2. The lowest BCUT2D eigenvalue weighted by Crippen LogP contribution is -2.47. The molecule has 6 atom stereocenters. The van der Waals surface area contributed by atoms with E-state index in [1.54, 1.807) is 6.07 Å². The van der Waals surface area contributed by atoms with Gasteiger partial charge in [0.15, 0.2) is 11.9 Å². The molecule has 2 aliphatic carbocycles. The van der Waals surface area contributed by atoms with E-state index in [1.807, 2.05) is 19.1 Å². The predicted octanol–water partition coefficient (Wildman–Crippen LogP) is 5.00. The Morgan fingerprint density at radius 2 is 1.77 bits per heavy atom. The zero-order valence-electron chi connectivity index (χ0n) is 19.3. The third-order valence-corrected chi connectivity index (χ3v) is 7.84. The van der Waals surface area contributed by atoms with Gasteiger partial charge in [0.1, 0.15) is 5.75 Å². The third kappa shape index (κ3) is 4.81. The first-order chi connectivity index (χ1) is 16.6. The number of benzene rings is 2. The molecule has 2 saturated carbocycles. The number of aryl methyl sites for hydroxylation is 1. The maximum absolute atomic E-state index is 12.9. The molecule has 1 aliphatic heterocycles. The van der Waals surface area contributed by atoms with Crippen LogP contribution in [-0.2, 0) is 11.0 Å². The Bertz CT molecular complexity index is 1130. The second kappa shape index (κ2) is 8.97. The van der Waals surface area contributed by atoms with Crippen molar-refractivity contribution in [3.8, 4) is 5.75 Å². The maximum atomic E-state index is 12.9. The first kappa shape index (κ1) is 23.9. The summed E-state index contributed by atoms with van der Waals surface area (Å²) in [6.07, 6.45) is -2.92. The minimum atomic E-state index is -4.42. The Labute approximate surface area is 201 Å². The molecule has 2 aromatic carbocycles. The number of amides is 1. The summed E-state index contributed by atoms with van der Waals surface area (Å²) in [5.41, 5.74) is 1.26. The van der Waals surface area contributed by atoms with Gasteiger partial charge < -0.3 is 15.2 Å². The van der Waals surface area contributed by atoms with Crippen LogP contribution in [0.3, 0.4) is 0 Å². The summed E-state index contributed by atoms with van der Waals surface area (Å²) in [6, 6.07) is 9.93. The van der Waals surface area contributed by atoms with Crippen molar-refractivity contribution in [3.63, 3.8) is 0 Å². The molecule has 186 valence electrons. The van der Waals surface area contributed by atoms with Crippen molar-refractivity contribution in [2.75, 3.05) is 0 Å². The highest BCUT2D eigenvalue weighted by Crippen LogP contribution is 2.50. The largest absolute Gasteiger partial charge is 0.480 e. The van der Waals surface area contributed by atoms with Gasteiger partial charge in [-0.15, -0.1) is 0 Å². The fraction of sp³-hybridized carbons (Fsp3) is 0.481. The Hall–Kier alpha value is -2.87. The van der Waals surface area contributed by atoms with Crippen LogP contribution in [0.2, 0.25) is 0 Å². The molecule has 2 bridgehead atoms. The number of ether oxygens (including phenoxy) is 1. The molecular formula is C27H28F3NO4. The molecule has 2 fully saturated rings. The molecule has 0 unspecified atom stereocenters. The molecule has 3 aliphatic rings. The molecule has 5 rings (SSSR count). The lowest BCUT2D eigenvalue weighted by molar-refractivity contribution is -0.137. The van der Waals surface area contributed by atoms with E-state index in [1.165, 1.54) is 12.1 Å². The summed E-state index contributed by atoms with van der Waals surface area (Å²) in [5, 5.41) is 13.6. The number of hydrogen-bond donors (Lipinski definition) is 2. The molecule has 0 radical (unpaired) electrons. The van der Waals surface area contributed by atoms with E-state index in [0.717, 1.165) is 37.0 Å². The lowest BCUT2D eigenvalue weighted by atomic mass is 9.82. The van der Waals surface area contributed by atoms with Crippen LogP contribution in [0.25, 0.3) is 0 Å². The van der Waals surface area contributed by atoms with Crippen LogP contribution in [0.15, 0.2) is 42.5 Å². The van der Waals surface area contributed by atoms with E-state index in [0.29, 0.717) is 29.2 Å². The molecule has 5 nitrogen and oxygen atoms in total. The molecule has 0 spiro atoms. The smallest absolute Gasteiger partial charge is 0.416 e. The Balaban J connectivity index is 1.14. The van der Waals surface area contributed by atoms with Crippen molar-refractivity contribution in [3.05, 3.63) is 64.7 Å². The summed E-state index contributed by atoms with van der Waals surface area (Å²) in [6.45, 7) is 1.94. The van der Waals surface area contributed by atoms with Gasteiger partial charge in [0.25, 0.3) is 5.91 Å². The van der Waals surface area contributed by atoms with E-state index < -0.39 is 23.9 Å². The number of rotatable bonds is 5. The predicted molar refractivity (Wildman–Crippen MR) is 122 cm³/mol. The topological polar surface area (TPSA) is 75.6 Å². The second-order valence-corrected chi connectivity index (χ2v) is 10.2. The van der Waals surface area contributed by atoms with Crippen molar-refractivity contribution in [2.24, 2.45) is 17.8 Å². The van der Waals surface area contributed by atoms with E-state index in [-0.39, 0.29) is 36.0 Å². The highest BCUT2D eigenvalue weighted by atomic mass is 19.4. The number of ketones is 1. The quantitative estimate of drug-likeness (QED) is 0.582. The number of nitrogens with one attached hydrogen (secondary N) is 1. The van der Waals surface area contributed by atoms with Gasteiger partial charge in [0.2, 0.25) is 0 Å². The molecule has 0 aromatic heterocycles. The summed E-state index contributed by atoms with van der Waals surface area (Å²) in [5.74, 6) is 0.888. The number of alkyl halides is 3. The molecule has 8 heteroatoms. The van der Waals surface area contributed by atoms with Gasteiger partial charge in [-0.3, -0.25) is 9.59 Å². The maximum Gasteiger partial charge on any atom is 0.416 e. The van der Waals surface area contributed by atoms with Gasteiger partial charge >= 0.3 is 6.18 Å². The number of fused-ring (bicyclic) bond motifs is 3. The minimum absolute atomic E-state index is 0.00470. The molecule has 0 saturated heterocycles. The Morgan fingerprint density at radius 3 is 2.43 bits per heavy atom. The van der Waals surface area contributed by atoms with E-state index in [2.05, 4.69) is 5.32 Å². The number of halogens is 3. The first-order valence-corrected chi connectivity index (χ1v) is 12.0. The average Bonchev–Trinajstić information content (AvgIpc) is 3.39. The number of hydrogen-bond acceptors (Lipinski definition) is 4. The van der Waals surface area contributed by atoms with Crippen LogP contribution in [0.5, 0.6) is 5.75 Å². The molecule has 1 amide bonds. The normalized spacial score (nSPS) is 29.4. The van der Waals surface area contributed by atoms with Gasteiger partial charge in [-0.1, -0.05) is 23.8 Å². The van der Waals surface area contributed by atoms with E-state index >= 15 is 0 Å². The molecule has 2 aromatic rings. The summed E-state index contributed by atoms with van der Waals surface area (Å²) in [4.78, 5) is 25.6. The fourth-order valence-corrected chi connectivity index (χ4v) is 6.03. The summed E-state index contributed by atoms with van der Waals surface area (Å²) in [7, 11) is 0. The van der Waals surface area contributed by atoms with Gasteiger partial charge in [-0.2, -0.15) is 13.2 Å². The number of aliphatic hydroxyl groups is 1. The summed E-state index contributed by atoms with van der Waals surface area (Å²) >= 11 is 0. The molecule has 35 heavy (non-hydrogen) atoms. The first-order valence-electron chi connectivity index (χ1n) is 12.0. The number of carbonyl (C=O) groups excluding carboxylic acids is 2. The van der Waals surface area contributed by atoms with Crippen molar-refractivity contribution in [2.45, 2.75) is 63.5 Å². The SMILES string of the molecule is Cc1ccc2c(c1)[C@H](O)C[C@H](C(=O)N[C@@H]1C[C@@H]3C[C@H]1C[C@H]3CC(=O)c1ccc(C(F)(F)F)cc1)O2. The van der Waals surface area contributed by atoms with Gasteiger partial charge in [-0.05, 0) is 68.2 Å². The van der Waals surface area contributed by atoms with E-state index in [4.69, 9.17) is 4.74 Å². The Kier molecular flexibility index (Phi) is 6.11. The zero-order chi connectivity index (χ0) is 24.9. The summed E-state index contributed by atoms with van der Waals surface area (Å²) < 4.78 is 44.2. The van der Waals surface area contributed by atoms with Crippen LogP contribution in [-0.4, -0.2) is 28.9 Å². The van der Waals surface area contributed by atoms with Crippen molar-refractivity contribution in [1.29, 1.82) is 0 Å². The fourth-order valence-electron chi connectivity index (χ4n) is 6.03. The molecule has 1 heterocycles. The van der Waals surface area contributed by atoms with Crippen molar-refractivity contribution >= 4 is 11.7 Å². The van der Waals surface area contributed by atoms with Gasteiger partial charge in [0.05, 0.1) is 11.7 Å². The Morgan fingerprint density at radius 1 is 1.03 bits per heavy atom. The monoisotopic (exact) mass is 487 g/mol. The van der Waals surface area contributed by atoms with Crippen LogP contribution in [0, 0.1) is 24.7 Å². The lowest BCUT2D eigenvalue weighted by Gasteiger charge is -2.32. The third-order valence-electron chi connectivity index (χ3n) is 7.84. The van der Waals surface area contributed by atoms with Gasteiger partial charge in [-0.25, -0.2) is 0 Å². The van der Waals surface area contributed by atoms with Crippen LogP contribution in [0.1, 0.15) is 65.3 Å². The number of aliphatic hydroxyl groups excluding tert-OH is 1. The van der Waals surface area contributed by atoms with Crippen LogP contribution in [0.4, 0.5) is 13.2 Å². The zero-order valence-corrected chi connectivity index (χ0v) is 19.3.